The van der Waals surface area contributed by atoms with Crippen molar-refractivity contribution in [2.45, 2.75) is 12.5 Å². The van der Waals surface area contributed by atoms with Crippen LogP contribution in [0.3, 0.4) is 0 Å². The fourth-order valence-corrected chi connectivity index (χ4v) is 2.00. The van der Waals surface area contributed by atoms with Crippen LogP contribution in [0, 0.1) is 5.92 Å². The van der Waals surface area contributed by atoms with E-state index in [0.29, 0.717) is 0 Å². The van der Waals surface area contributed by atoms with Gasteiger partial charge in [0.15, 0.2) is 0 Å². The quantitative estimate of drug-likeness (QED) is 0.756. The SMILES string of the molecule is COC(=O)C1CC(=O)NC1c1ccccc1. The predicted molar refractivity (Wildman–Crippen MR) is 57.4 cm³/mol. The van der Waals surface area contributed by atoms with Crippen LogP contribution in [0.25, 0.3) is 0 Å². The minimum atomic E-state index is -0.417. The number of amides is 1. The molecule has 84 valence electrons. The van der Waals surface area contributed by atoms with Crippen LogP contribution in [0.1, 0.15) is 18.0 Å². The van der Waals surface area contributed by atoms with Gasteiger partial charge in [-0.3, -0.25) is 9.59 Å². The van der Waals surface area contributed by atoms with E-state index in [9.17, 15) is 9.59 Å². The first kappa shape index (κ1) is 10.7. The lowest BCUT2D eigenvalue weighted by Crippen LogP contribution is -2.25. The summed E-state index contributed by atoms with van der Waals surface area (Å²) in [7, 11) is 1.34. The molecule has 1 aromatic carbocycles. The standard InChI is InChI=1S/C12H13NO3/c1-16-12(15)9-7-10(14)13-11(9)8-5-3-2-4-6-8/h2-6,9,11H,7H2,1H3,(H,13,14). The van der Waals surface area contributed by atoms with E-state index in [-0.39, 0.29) is 24.3 Å². The number of carbonyl (C=O) groups excluding carboxylic acids is 2. The summed E-state index contributed by atoms with van der Waals surface area (Å²) in [5.74, 6) is -0.864. The molecule has 4 nitrogen and oxygen atoms in total. The zero-order chi connectivity index (χ0) is 11.5. The van der Waals surface area contributed by atoms with E-state index < -0.39 is 5.92 Å². The van der Waals surface area contributed by atoms with E-state index in [4.69, 9.17) is 4.74 Å². The molecule has 0 spiro atoms. The third-order valence-electron chi connectivity index (χ3n) is 2.79. The normalized spacial score (nSPS) is 23.9. The Kier molecular flexibility index (Phi) is 2.90. The second-order valence-electron chi connectivity index (χ2n) is 3.79. The first-order chi connectivity index (χ1) is 7.72. The number of hydrogen-bond acceptors (Lipinski definition) is 3. The van der Waals surface area contributed by atoms with E-state index in [0.717, 1.165) is 5.56 Å². The molecule has 0 radical (unpaired) electrons. The predicted octanol–water partition coefficient (Wildman–Crippen LogP) is 1.04. The highest BCUT2D eigenvalue weighted by atomic mass is 16.5. The van der Waals surface area contributed by atoms with Crippen LogP contribution in [0.4, 0.5) is 0 Å². The molecule has 0 saturated carbocycles. The number of ether oxygens (including phenoxy) is 1. The zero-order valence-corrected chi connectivity index (χ0v) is 8.97. The summed E-state index contributed by atoms with van der Waals surface area (Å²) in [6, 6.07) is 9.19. The second kappa shape index (κ2) is 4.35. The van der Waals surface area contributed by atoms with Crippen molar-refractivity contribution in [3.05, 3.63) is 35.9 Å². The highest BCUT2D eigenvalue weighted by Gasteiger charge is 2.38. The van der Waals surface area contributed by atoms with Gasteiger partial charge in [-0.1, -0.05) is 30.3 Å². The molecule has 1 heterocycles. The van der Waals surface area contributed by atoms with Crippen LogP contribution in [0.2, 0.25) is 0 Å². The summed E-state index contributed by atoms with van der Waals surface area (Å²) in [4.78, 5) is 22.9. The molecule has 4 heteroatoms. The van der Waals surface area contributed by atoms with E-state index in [1.54, 1.807) is 0 Å². The van der Waals surface area contributed by atoms with Crippen molar-refractivity contribution in [2.75, 3.05) is 7.11 Å². The number of esters is 1. The zero-order valence-electron chi connectivity index (χ0n) is 8.97. The fourth-order valence-electron chi connectivity index (χ4n) is 2.00. The lowest BCUT2D eigenvalue weighted by Gasteiger charge is -2.16. The lowest BCUT2D eigenvalue weighted by atomic mass is 9.94. The average Bonchev–Trinajstić information content (AvgIpc) is 2.71. The maximum Gasteiger partial charge on any atom is 0.311 e. The summed E-state index contributed by atoms with van der Waals surface area (Å²) >= 11 is 0. The average molecular weight is 219 g/mol. The van der Waals surface area contributed by atoms with Crippen molar-refractivity contribution >= 4 is 11.9 Å². The van der Waals surface area contributed by atoms with E-state index >= 15 is 0 Å². The van der Waals surface area contributed by atoms with Gasteiger partial charge >= 0.3 is 5.97 Å². The molecule has 0 aromatic heterocycles. The fraction of sp³-hybridized carbons (Fsp3) is 0.333. The topological polar surface area (TPSA) is 55.4 Å². The Hall–Kier alpha value is -1.84. The molecular weight excluding hydrogens is 206 g/mol. The van der Waals surface area contributed by atoms with Gasteiger partial charge in [0.1, 0.15) is 0 Å². The van der Waals surface area contributed by atoms with Crippen molar-refractivity contribution in [3.8, 4) is 0 Å². The Morgan fingerprint density at radius 2 is 2.06 bits per heavy atom. The maximum absolute atomic E-state index is 11.5. The Morgan fingerprint density at radius 3 is 2.69 bits per heavy atom. The number of rotatable bonds is 2. The monoisotopic (exact) mass is 219 g/mol. The van der Waals surface area contributed by atoms with Gasteiger partial charge in [-0.05, 0) is 5.56 Å². The van der Waals surface area contributed by atoms with Crippen LogP contribution in [0.15, 0.2) is 30.3 Å². The van der Waals surface area contributed by atoms with Crippen LogP contribution in [-0.2, 0) is 14.3 Å². The smallest absolute Gasteiger partial charge is 0.311 e. The second-order valence-corrected chi connectivity index (χ2v) is 3.79. The summed E-state index contributed by atoms with van der Waals surface area (Å²) in [6.45, 7) is 0. The molecule has 1 saturated heterocycles. The maximum atomic E-state index is 11.5. The summed E-state index contributed by atoms with van der Waals surface area (Å²) in [6.07, 6.45) is 0.201. The van der Waals surface area contributed by atoms with Gasteiger partial charge < -0.3 is 10.1 Å². The minimum absolute atomic E-state index is 0.107. The van der Waals surface area contributed by atoms with Crippen LogP contribution < -0.4 is 5.32 Å². The van der Waals surface area contributed by atoms with Gasteiger partial charge in [0.05, 0.1) is 19.1 Å². The number of hydrogen-bond donors (Lipinski definition) is 1. The van der Waals surface area contributed by atoms with Crippen molar-refractivity contribution < 1.29 is 14.3 Å². The van der Waals surface area contributed by atoms with Gasteiger partial charge in [-0.15, -0.1) is 0 Å². The van der Waals surface area contributed by atoms with Crippen molar-refractivity contribution in [3.63, 3.8) is 0 Å². The van der Waals surface area contributed by atoms with Gasteiger partial charge in [0.2, 0.25) is 5.91 Å². The molecular formula is C12H13NO3. The number of benzene rings is 1. The third kappa shape index (κ3) is 1.91. The number of methoxy groups -OCH3 is 1. The van der Waals surface area contributed by atoms with Crippen LogP contribution >= 0.6 is 0 Å². The number of nitrogens with one attached hydrogen (secondary N) is 1. The molecule has 1 fully saturated rings. The molecule has 1 aromatic rings. The van der Waals surface area contributed by atoms with Crippen LogP contribution in [0.5, 0.6) is 0 Å². The molecule has 1 aliphatic heterocycles. The molecule has 0 bridgehead atoms. The van der Waals surface area contributed by atoms with Crippen molar-refractivity contribution in [1.82, 2.24) is 5.32 Å². The first-order valence-electron chi connectivity index (χ1n) is 5.14. The van der Waals surface area contributed by atoms with Gasteiger partial charge in [-0.25, -0.2) is 0 Å². The third-order valence-corrected chi connectivity index (χ3v) is 2.79. The first-order valence-corrected chi connectivity index (χ1v) is 5.14. The molecule has 1 aliphatic rings. The van der Waals surface area contributed by atoms with Gasteiger partial charge in [0, 0.05) is 6.42 Å². The summed E-state index contributed by atoms with van der Waals surface area (Å²) in [5.41, 5.74) is 0.934. The number of carbonyl (C=O) groups is 2. The Labute approximate surface area is 93.6 Å². The van der Waals surface area contributed by atoms with E-state index in [1.807, 2.05) is 30.3 Å². The Bertz CT molecular complexity index is 402. The van der Waals surface area contributed by atoms with E-state index in [2.05, 4.69) is 5.32 Å². The summed E-state index contributed by atoms with van der Waals surface area (Å²) < 4.78 is 4.70. The summed E-state index contributed by atoms with van der Waals surface area (Å²) in [5, 5.41) is 2.80. The van der Waals surface area contributed by atoms with Crippen molar-refractivity contribution in [1.29, 1.82) is 0 Å². The highest BCUT2D eigenvalue weighted by molar-refractivity contribution is 5.87. The minimum Gasteiger partial charge on any atom is -0.469 e. The highest BCUT2D eigenvalue weighted by Crippen LogP contribution is 2.30. The Balaban J connectivity index is 2.26. The lowest BCUT2D eigenvalue weighted by molar-refractivity contribution is -0.146. The molecule has 16 heavy (non-hydrogen) atoms. The molecule has 0 aliphatic carbocycles. The van der Waals surface area contributed by atoms with E-state index in [1.165, 1.54) is 7.11 Å². The molecule has 1 amide bonds. The molecule has 2 unspecified atom stereocenters. The largest absolute Gasteiger partial charge is 0.469 e. The molecule has 2 atom stereocenters. The molecule has 2 rings (SSSR count). The van der Waals surface area contributed by atoms with Crippen LogP contribution in [-0.4, -0.2) is 19.0 Å². The molecule has 1 N–H and O–H groups in total. The van der Waals surface area contributed by atoms with Crippen molar-refractivity contribution in [2.24, 2.45) is 5.92 Å². The van der Waals surface area contributed by atoms with Gasteiger partial charge in [0.25, 0.3) is 0 Å². The Morgan fingerprint density at radius 1 is 1.38 bits per heavy atom. The van der Waals surface area contributed by atoms with Gasteiger partial charge in [-0.2, -0.15) is 0 Å².